The predicted molar refractivity (Wildman–Crippen MR) is 60.6 cm³/mol. The van der Waals surface area contributed by atoms with Gasteiger partial charge in [-0.2, -0.15) is 0 Å². The molecule has 0 amide bonds. The monoisotopic (exact) mass is 232 g/mol. The van der Waals surface area contributed by atoms with Crippen molar-refractivity contribution in [2.24, 2.45) is 0 Å². The molecule has 88 valence electrons. The van der Waals surface area contributed by atoms with Gasteiger partial charge < -0.3 is 4.74 Å². The molecular formula is C11H12N4O2. The highest BCUT2D eigenvalue weighted by atomic mass is 16.5. The van der Waals surface area contributed by atoms with Crippen LogP contribution in [0.3, 0.4) is 0 Å². The molecule has 2 aromatic heterocycles. The van der Waals surface area contributed by atoms with Crippen LogP contribution < -0.4 is 0 Å². The molecule has 0 atom stereocenters. The molecule has 0 aliphatic rings. The molecule has 6 nitrogen and oxygen atoms in total. The molecule has 2 rings (SSSR count). The molecule has 2 aromatic rings. The van der Waals surface area contributed by atoms with Gasteiger partial charge >= 0.3 is 5.97 Å². The van der Waals surface area contributed by atoms with E-state index in [4.69, 9.17) is 4.74 Å². The molecule has 17 heavy (non-hydrogen) atoms. The van der Waals surface area contributed by atoms with Gasteiger partial charge in [-0.05, 0) is 20.8 Å². The summed E-state index contributed by atoms with van der Waals surface area (Å²) in [5.41, 5.74) is 2.48. The molecule has 0 fully saturated rings. The maximum atomic E-state index is 11.7. The first-order chi connectivity index (χ1) is 8.13. The Hall–Kier alpha value is -2.11. The molecule has 0 bridgehead atoms. The fraction of sp³-hybridized carbons (Fsp3) is 0.364. The van der Waals surface area contributed by atoms with Gasteiger partial charge in [0.15, 0.2) is 11.3 Å². The van der Waals surface area contributed by atoms with E-state index < -0.39 is 5.97 Å². The number of nitrogens with zero attached hydrogens (tertiary/aromatic N) is 4. The number of hydrogen-bond acceptors (Lipinski definition) is 6. The van der Waals surface area contributed by atoms with Crippen molar-refractivity contribution < 1.29 is 9.53 Å². The lowest BCUT2D eigenvalue weighted by molar-refractivity contribution is 0.0521. The molecular weight excluding hydrogens is 220 g/mol. The minimum Gasteiger partial charge on any atom is -0.461 e. The zero-order valence-corrected chi connectivity index (χ0v) is 9.89. The van der Waals surface area contributed by atoms with Crippen molar-refractivity contribution in [2.45, 2.75) is 20.8 Å². The van der Waals surface area contributed by atoms with E-state index in [1.807, 2.05) is 13.8 Å². The second-order valence-corrected chi connectivity index (χ2v) is 3.51. The number of aromatic nitrogens is 4. The van der Waals surface area contributed by atoms with E-state index in [-0.39, 0.29) is 5.69 Å². The Kier molecular flexibility index (Phi) is 2.95. The standard InChI is InChI=1S/C11H12N4O2/c1-4-17-11(16)9-8-10(13-5-12-9)15-7(3)6(2)14-8/h5H,4H2,1-3H3. The minimum absolute atomic E-state index is 0.160. The van der Waals surface area contributed by atoms with Crippen LogP contribution in [0.1, 0.15) is 28.8 Å². The summed E-state index contributed by atoms with van der Waals surface area (Å²) in [5.74, 6) is -0.502. The first-order valence-electron chi connectivity index (χ1n) is 5.26. The lowest BCUT2D eigenvalue weighted by atomic mass is 10.3. The van der Waals surface area contributed by atoms with Crippen LogP contribution >= 0.6 is 0 Å². The summed E-state index contributed by atoms with van der Waals surface area (Å²) < 4.78 is 4.91. The van der Waals surface area contributed by atoms with Gasteiger partial charge in [-0.15, -0.1) is 0 Å². The molecule has 0 unspecified atom stereocenters. The Labute approximate surface area is 98.1 Å². The van der Waals surface area contributed by atoms with Crippen molar-refractivity contribution in [1.29, 1.82) is 0 Å². The van der Waals surface area contributed by atoms with E-state index in [0.29, 0.717) is 17.8 Å². The average molecular weight is 232 g/mol. The lowest BCUT2D eigenvalue weighted by Crippen LogP contribution is -2.10. The van der Waals surface area contributed by atoms with Gasteiger partial charge in [-0.25, -0.2) is 24.7 Å². The first-order valence-corrected chi connectivity index (χ1v) is 5.26. The van der Waals surface area contributed by atoms with Crippen LogP contribution in [0.15, 0.2) is 6.33 Å². The van der Waals surface area contributed by atoms with Crippen molar-refractivity contribution in [3.63, 3.8) is 0 Å². The highest BCUT2D eigenvalue weighted by molar-refractivity contribution is 5.98. The number of hydrogen-bond donors (Lipinski definition) is 0. The minimum atomic E-state index is -0.502. The van der Waals surface area contributed by atoms with Crippen LogP contribution in [0.5, 0.6) is 0 Å². The van der Waals surface area contributed by atoms with E-state index in [1.165, 1.54) is 6.33 Å². The molecule has 0 N–H and O–H groups in total. The Morgan fingerprint density at radius 1 is 1.24 bits per heavy atom. The van der Waals surface area contributed by atoms with E-state index >= 15 is 0 Å². The molecule has 0 spiro atoms. The van der Waals surface area contributed by atoms with Crippen molar-refractivity contribution in [3.05, 3.63) is 23.4 Å². The Bertz CT molecular complexity index is 583. The number of aryl methyl sites for hydroxylation is 2. The summed E-state index contributed by atoms with van der Waals surface area (Å²) in [5, 5.41) is 0. The fourth-order valence-electron chi connectivity index (χ4n) is 1.39. The van der Waals surface area contributed by atoms with E-state index in [0.717, 1.165) is 11.4 Å². The quantitative estimate of drug-likeness (QED) is 0.724. The van der Waals surface area contributed by atoms with E-state index in [1.54, 1.807) is 6.92 Å². The van der Waals surface area contributed by atoms with Crippen LogP contribution in [-0.4, -0.2) is 32.5 Å². The third-order valence-corrected chi connectivity index (χ3v) is 2.35. The lowest BCUT2D eigenvalue weighted by Gasteiger charge is -2.05. The maximum Gasteiger partial charge on any atom is 0.359 e. The zero-order valence-electron chi connectivity index (χ0n) is 9.89. The first kappa shape index (κ1) is 11.4. The average Bonchev–Trinajstić information content (AvgIpc) is 2.30. The number of carbonyl (C=O) groups is 1. The van der Waals surface area contributed by atoms with Gasteiger partial charge in [0, 0.05) is 0 Å². The summed E-state index contributed by atoms with van der Waals surface area (Å²) >= 11 is 0. The Balaban J connectivity index is 2.64. The van der Waals surface area contributed by atoms with Crippen LogP contribution in [0.4, 0.5) is 0 Å². The highest BCUT2D eigenvalue weighted by Gasteiger charge is 2.16. The number of fused-ring (bicyclic) bond motifs is 1. The molecule has 0 saturated carbocycles. The summed E-state index contributed by atoms with van der Waals surface area (Å²) in [7, 11) is 0. The van der Waals surface area contributed by atoms with Crippen molar-refractivity contribution >= 4 is 17.1 Å². The van der Waals surface area contributed by atoms with Gasteiger partial charge in [-0.3, -0.25) is 0 Å². The van der Waals surface area contributed by atoms with Crippen molar-refractivity contribution in [3.8, 4) is 0 Å². The summed E-state index contributed by atoms with van der Waals surface area (Å²) in [4.78, 5) is 28.1. The molecule has 2 heterocycles. The van der Waals surface area contributed by atoms with Gasteiger partial charge in [-0.1, -0.05) is 0 Å². The molecule has 6 heteroatoms. The van der Waals surface area contributed by atoms with Crippen LogP contribution in [0, 0.1) is 13.8 Å². The smallest absolute Gasteiger partial charge is 0.359 e. The molecule has 0 saturated heterocycles. The number of esters is 1. The SMILES string of the molecule is CCOC(=O)c1ncnc2nc(C)c(C)nc12. The van der Waals surface area contributed by atoms with Gasteiger partial charge in [0.2, 0.25) is 0 Å². The molecule has 0 aliphatic carbocycles. The largest absolute Gasteiger partial charge is 0.461 e. The third-order valence-electron chi connectivity index (χ3n) is 2.35. The second kappa shape index (κ2) is 4.40. The Morgan fingerprint density at radius 2 is 1.94 bits per heavy atom. The molecule has 0 aliphatic heterocycles. The molecule has 0 radical (unpaired) electrons. The predicted octanol–water partition coefficient (Wildman–Crippen LogP) is 1.21. The van der Waals surface area contributed by atoms with Gasteiger partial charge in [0.25, 0.3) is 0 Å². The number of carbonyl (C=O) groups excluding carboxylic acids is 1. The van der Waals surface area contributed by atoms with Crippen LogP contribution in [0.2, 0.25) is 0 Å². The van der Waals surface area contributed by atoms with Crippen LogP contribution in [-0.2, 0) is 4.74 Å². The maximum absolute atomic E-state index is 11.7. The van der Waals surface area contributed by atoms with E-state index in [9.17, 15) is 4.79 Å². The topological polar surface area (TPSA) is 77.9 Å². The van der Waals surface area contributed by atoms with Crippen LogP contribution in [0.25, 0.3) is 11.2 Å². The third kappa shape index (κ3) is 2.06. The summed E-state index contributed by atoms with van der Waals surface area (Å²) in [6, 6.07) is 0. The van der Waals surface area contributed by atoms with Crippen molar-refractivity contribution in [2.75, 3.05) is 6.61 Å². The molecule has 0 aromatic carbocycles. The highest BCUT2D eigenvalue weighted by Crippen LogP contribution is 2.13. The van der Waals surface area contributed by atoms with Gasteiger partial charge in [0.05, 0.1) is 18.0 Å². The number of ether oxygens (including phenoxy) is 1. The van der Waals surface area contributed by atoms with Crippen molar-refractivity contribution in [1.82, 2.24) is 19.9 Å². The van der Waals surface area contributed by atoms with Gasteiger partial charge in [0.1, 0.15) is 11.8 Å². The fourth-order valence-corrected chi connectivity index (χ4v) is 1.39. The summed E-state index contributed by atoms with van der Waals surface area (Å²) in [6.07, 6.45) is 1.29. The number of rotatable bonds is 2. The normalized spacial score (nSPS) is 10.5. The summed E-state index contributed by atoms with van der Waals surface area (Å²) in [6.45, 7) is 5.70. The zero-order chi connectivity index (χ0) is 12.4. The Morgan fingerprint density at radius 3 is 2.65 bits per heavy atom. The van der Waals surface area contributed by atoms with E-state index in [2.05, 4.69) is 19.9 Å². The second-order valence-electron chi connectivity index (χ2n) is 3.51.